The third kappa shape index (κ3) is 3.75. The second-order valence-corrected chi connectivity index (χ2v) is 4.34. The molecule has 0 bridgehead atoms. The molecule has 0 aliphatic carbocycles. The van der Waals surface area contributed by atoms with Gasteiger partial charge in [-0.3, -0.25) is 10.4 Å². The Kier molecular flexibility index (Phi) is 4.62. The molecular formula is C14H13F2N5O. The van der Waals surface area contributed by atoms with Gasteiger partial charge in [0.15, 0.2) is 0 Å². The Bertz CT molecular complexity index is 738. The van der Waals surface area contributed by atoms with E-state index in [0.717, 1.165) is 12.1 Å². The van der Waals surface area contributed by atoms with Gasteiger partial charge in [0, 0.05) is 17.7 Å². The lowest BCUT2D eigenvalue weighted by molar-refractivity contribution is 0.418. The summed E-state index contributed by atoms with van der Waals surface area (Å²) in [5.41, 5.74) is 11.7. The zero-order valence-electron chi connectivity index (χ0n) is 11.4. The lowest BCUT2D eigenvalue weighted by atomic mass is 10.2. The number of nitrogens with two attached hydrogens (primary N) is 2. The minimum atomic E-state index is -0.702. The van der Waals surface area contributed by atoms with Crippen molar-refractivity contribution in [1.82, 2.24) is 5.16 Å². The largest absolute Gasteiger partial charge is 0.396 e. The number of rotatable bonds is 5. The van der Waals surface area contributed by atoms with Crippen LogP contribution in [0.25, 0.3) is 0 Å². The number of aromatic nitrogens is 1. The SMILES string of the molecule is N=C(N)/C(N)=C/C(=NCc1ccc(F)cc1F)c1ccon1. The molecule has 114 valence electrons. The minimum absolute atomic E-state index is 0.0127. The van der Waals surface area contributed by atoms with E-state index < -0.39 is 11.6 Å². The fourth-order valence-corrected chi connectivity index (χ4v) is 1.59. The number of nitrogens with zero attached hydrogens (tertiary/aromatic N) is 2. The number of amidine groups is 1. The van der Waals surface area contributed by atoms with Crippen LogP contribution >= 0.6 is 0 Å². The number of nitrogens with one attached hydrogen (secondary N) is 1. The van der Waals surface area contributed by atoms with Crippen molar-refractivity contribution in [2.45, 2.75) is 6.54 Å². The molecule has 0 unspecified atom stereocenters. The maximum Gasteiger partial charge on any atom is 0.139 e. The third-order valence-electron chi connectivity index (χ3n) is 2.74. The normalized spacial score (nSPS) is 12.5. The van der Waals surface area contributed by atoms with Crippen molar-refractivity contribution in [3.05, 3.63) is 65.2 Å². The van der Waals surface area contributed by atoms with Crippen LogP contribution in [0.5, 0.6) is 0 Å². The Labute approximate surface area is 124 Å². The van der Waals surface area contributed by atoms with Gasteiger partial charge >= 0.3 is 0 Å². The highest BCUT2D eigenvalue weighted by molar-refractivity contribution is 6.11. The van der Waals surface area contributed by atoms with Gasteiger partial charge in [0.2, 0.25) is 0 Å². The van der Waals surface area contributed by atoms with Crippen LogP contribution in [-0.4, -0.2) is 16.7 Å². The first kappa shape index (κ1) is 15.4. The number of benzene rings is 1. The molecule has 2 aromatic rings. The number of hydrogen-bond acceptors (Lipinski definition) is 5. The summed E-state index contributed by atoms with van der Waals surface area (Å²) < 4.78 is 31.2. The molecule has 0 saturated heterocycles. The van der Waals surface area contributed by atoms with Crippen molar-refractivity contribution in [3.63, 3.8) is 0 Å². The average molecular weight is 305 g/mol. The topological polar surface area (TPSA) is 114 Å². The van der Waals surface area contributed by atoms with Crippen molar-refractivity contribution >= 4 is 11.5 Å². The third-order valence-corrected chi connectivity index (χ3v) is 2.74. The van der Waals surface area contributed by atoms with E-state index in [9.17, 15) is 8.78 Å². The minimum Gasteiger partial charge on any atom is -0.396 e. The Balaban J connectivity index is 2.33. The molecule has 0 fully saturated rings. The summed E-state index contributed by atoms with van der Waals surface area (Å²) in [6.45, 7) is -0.0595. The van der Waals surface area contributed by atoms with E-state index in [-0.39, 0.29) is 29.4 Å². The van der Waals surface area contributed by atoms with E-state index in [2.05, 4.69) is 10.1 Å². The van der Waals surface area contributed by atoms with E-state index in [1.54, 1.807) is 0 Å². The summed E-state index contributed by atoms with van der Waals surface area (Å²) >= 11 is 0. The van der Waals surface area contributed by atoms with Gasteiger partial charge in [0.05, 0.1) is 18.0 Å². The van der Waals surface area contributed by atoms with Gasteiger partial charge in [0.1, 0.15) is 29.4 Å². The van der Waals surface area contributed by atoms with Crippen LogP contribution in [0.15, 0.2) is 51.8 Å². The molecule has 5 N–H and O–H groups in total. The van der Waals surface area contributed by atoms with Crippen LogP contribution in [0.2, 0.25) is 0 Å². The average Bonchev–Trinajstić information content (AvgIpc) is 2.98. The summed E-state index contributed by atoms with van der Waals surface area (Å²) in [5.74, 6) is -1.70. The van der Waals surface area contributed by atoms with Crippen molar-refractivity contribution in [2.24, 2.45) is 16.5 Å². The van der Waals surface area contributed by atoms with E-state index in [0.29, 0.717) is 5.69 Å². The van der Waals surface area contributed by atoms with Gasteiger partial charge in [-0.1, -0.05) is 11.2 Å². The molecule has 22 heavy (non-hydrogen) atoms. The Morgan fingerprint density at radius 2 is 2.09 bits per heavy atom. The summed E-state index contributed by atoms with van der Waals surface area (Å²) in [7, 11) is 0. The van der Waals surface area contributed by atoms with E-state index >= 15 is 0 Å². The molecule has 2 rings (SSSR count). The van der Waals surface area contributed by atoms with Crippen LogP contribution in [0.4, 0.5) is 8.78 Å². The van der Waals surface area contributed by atoms with Crippen LogP contribution in [0, 0.1) is 17.0 Å². The molecule has 0 atom stereocenters. The fraction of sp³-hybridized carbons (Fsp3) is 0.0714. The molecule has 0 aliphatic rings. The Morgan fingerprint density at radius 3 is 2.68 bits per heavy atom. The number of halogens is 2. The second-order valence-electron chi connectivity index (χ2n) is 4.34. The molecule has 1 heterocycles. The van der Waals surface area contributed by atoms with Crippen LogP contribution in [-0.2, 0) is 6.54 Å². The van der Waals surface area contributed by atoms with Crippen molar-refractivity contribution in [2.75, 3.05) is 0 Å². The lowest BCUT2D eigenvalue weighted by Crippen LogP contribution is -2.20. The highest BCUT2D eigenvalue weighted by atomic mass is 19.1. The number of hydrogen-bond donors (Lipinski definition) is 3. The molecule has 0 radical (unpaired) electrons. The highest BCUT2D eigenvalue weighted by Crippen LogP contribution is 2.12. The first-order chi connectivity index (χ1) is 10.5. The number of allylic oxidation sites excluding steroid dienone is 1. The second kappa shape index (κ2) is 6.61. The molecule has 6 nitrogen and oxygen atoms in total. The van der Waals surface area contributed by atoms with Gasteiger partial charge < -0.3 is 16.0 Å². The van der Waals surface area contributed by atoms with Gasteiger partial charge in [-0.25, -0.2) is 8.78 Å². The monoisotopic (exact) mass is 305 g/mol. The quantitative estimate of drug-likeness (QED) is 0.576. The maximum absolute atomic E-state index is 13.6. The summed E-state index contributed by atoms with van der Waals surface area (Å²) in [4.78, 5) is 4.17. The van der Waals surface area contributed by atoms with Gasteiger partial charge in [-0.2, -0.15) is 0 Å². The van der Waals surface area contributed by atoms with Gasteiger partial charge in [-0.15, -0.1) is 0 Å². The maximum atomic E-state index is 13.6. The van der Waals surface area contributed by atoms with Crippen molar-refractivity contribution in [1.29, 1.82) is 5.41 Å². The van der Waals surface area contributed by atoms with Gasteiger partial charge in [-0.05, 0) is 12.1 Å². The molecule has 0 saturated carbocycles. The van der Waals surface area contributed by atoms with Crippen LogP contribution in [0.1, 0.15) is 11.3 Å². The Morgan fingerprint density at radius 1 is 1.32 bits per heavy atom. The molecule has 0 spiro atoms. The highest BCUT2D eigenvalue weighted by Gasteiger charge is 2.08. The summed E-state index contributed by atoms with van der Waals surface area (Å²) in [5, 5.41) is 11.0. The lowest BCUT2D eigenvalue weighted by Gasteiger charge is -2.03. The van der Waals surface area contributed by atoms with Crippen molar-refractivity contribution in [3.8, 4) is 0 Å². The Hall–Kier alpha value is -3.03. The summed E-state index contributed by atoms with van der Waals surface area (Å²) in [6, 6.07) is 4.75. The standard InChI is InChI=1S/C14H13F2N5O/c15-9-2-1-8(10(16)5-9)7-20-13(6-11(17)14(18)19)12-3-4-22-21-12/h1-6H,7,17H2,(H3,18,19)/b11-6-,20-13?. The van der Waals surface area contributed by atoms with E-state index in [1.165, 1.54) is 24.5 Å². The summed E-state index contributed by atoms with van der Waals surface area (Å²) in [6.07, 6.45) is 2.67. The molecule has 1 aromatic carbocycles. The van der Waals surface area contributed by atoms with Gasteiger partial charge in [0.25, 0.3) is 0 Å². The van der Waals surface area contributed by atoms with Crippen LogP contribution < -0.4 is 11.5 Å². The predicted octanol–water partition coefficient (Wildman–Crippen LogP) is 1.72. The van der Waals surface area contributed by atoms with Crippen LogP contribution in [0.3, 0.4) is 0 Å². The molecule has 0 aliphatic heterocycles. The first-order valence-corrected chi connectivity index (χ1v) is 6.18. The molecule has 1 aromatic heterocycles. The molecular weight excluding hydrogens is 292 g/mol. The molecule has 8 heteroatoms. The molecule has 0 amide bonds. The van der Waals surface area contributed by atoms with E-state index in [4.69, 9.17) is 21.4 Å². The van der Waals surface area contributed by atoms with Crippen molar-refractivity contribution < 1.29 is 13.3 Å². The fourth-order valence-electron chi connectivity index (χ4n) is 1.59. The predicted molar refractivity (Wildman–Crippen MR) is 77.3 cm³/mol. The zero-order valence-corrected chi connectivity index (χ0v) is 11.4. The number of aliphatic imine (C=N–C) groups is 1. The first-order valence-electron chi connectivity index (χ1n) is 6.18. The smallest absolute Gasteiger partial charge is 0.139 e. The zero-order chi connectivity index (χ0) is 16.1. The van der Waals surface area contributed by atoms with E-state index in [1.807, 2.05) is 0 Å².